The Labute approximate surface area is 303 Å². The van der Waals surface area contributed by atoms with Gasteiger partial charge in [0.25, 0.3) is 0 Å². The number of phenols is 1. The number of aryl methyl sites for hydroxylation is 6. The van der Waals surface area contributed by atoms with Gasteiger partial charge in [-0.2, -0.15) is 0 Å². The van der Waals surface area contributed by atoms with Crippen LogP contribution in [0, 0.1) is 62.3 Å². The Balaban J connectivity index is 1.62. The van der Waals surface area contributed by atoms with Crippen LogP contribution in [0.3, 0.4) is 0 Å². The summed E-state index contributed by atoms with van der Waals surface area (Å²) in [5.41, 5.74) is 19.5. The van der Waals surface area contributed by atoms with E-state index >= 15 is 0 Å². The average molecular weight is 661 g/mol. The van der Waals surface area contributed by atoms with Crippen molar-refractivity contribution in [2.45, 2.75) is 62.3 Å². The van der Waals surface area contributed by atoms with Gasteiger partial charge in [-0.15, -0.1) is 0 Å². The Hall–Kier alpha value is -5.34. The molecule has 0 amide bonds. The number of aromatic hydroxyl groups is 1. The maximum absolute atomic E-state index is 12.4. The highest BCUT2D eigenvalue weighted by Crippen LogP contribution is 2.52. The van der Waals surface area contributed by atoms with E-state index < -0.39 is 0 Å². The highest BCUT2D eigenvalue weighted by atomic mass is 16.3. The molecule has 1 N–H and O–H groups in total. The SMILES string of the molecule is Bc1c(C)c(C)c2c(-c3cccc4c(-c5ccc6ccccc6c5)cccc34)c3c(C)c(C)c(C)c(C)c3c(-c3cc(C)c(C)cc3C)c2c1O. The predicted octanol–water partition coefficient (Wildman–Crippen LogP) is 12.0. The summed E-state index contributed by atoms with van der Waals surface area (Å²) in [6, 6.07) is 33.6. The fraction of sp³-hybridized carbons (Fsp3) is 0.184. The topological polar surface area (TPSA) is 20.2 Å². The number of rotatable bonds is 3. The monoisotopic (exact) mass is 660 g/mol. The van der Waals surface area contributed by atoms with Crippen LogP contribution in [0.15, 0.2) is 91.0 Å². The summed E-state index contributed by atoms with van der Waals surface area (Å²) in [5.74, 6) is 0.385. The first-order valence-electron chi connectivity index (χ1n) is 18.2. The van der Waals surface area contributed by atoms with E-state index in [-0.39, 0.29) is 0 Å². The fourth-order valence-electron chi connectivity index (χ4n) is 8.79. The van der Waals surface area contributed by atoms with E-state index in [0.29, 0.717) is 5.75 Å². The molecule has 0 heterocycles. The van der Waals surface area contributed by atoms with Crippen LogP contribution in [0.4, 0.5) is 0 Å². The largest absolute Gasteiger partial charge is 0.508 e. The van der Waals surface area contributed by atoms with Gasteiger partial charge < -0.3 is 5.11 Å². The molecule has 8 rings (SSSR count). The third-order valence-corrected chi connectivity index (χ3v) is 12.4. The van der Waals surface area contributed by atoms with Gasteiger partial charge >= 0.3 is 0 Å². The second-order valence-corrected chi connectivity index (χ2v) is 15.0. The average Bonchev–Trinajstić information content (AvgIpc) is 3.14. The standard InChI is InChI=1S/C49H45BO/c1-25-22-27(3)41(23-26(25)2)46-43-31(7)29(5)28(4)30(6)42(43)45(44-32(8)33(9)48(50)49(51)47(44)46)40-19-13-17-38-37(16-12-18-39(38)40)36-21-20-34-14-10-11-15-35(34)24-36/h10-24,51H,50H2,1-9H3. The number of hydrogen-bond donors (Lipinski definition) is 1. The Morgan fingerprint density at radius 2 is 0.941 bits per heavy atom. The summed E-state index contributed by atoms with van der Waals surface area (Å²) in [5, 5.41) is 22.0. The van der Waals surface area contributed by atoms with E-state index in [0.717, 1.165) is 27.4 Å². The maximum Gasteiger partial charge on any atom is 0.144 e. The van der Waals surface area contributed by atoms with E-state index in [1.54, 1.807) is 0 Å². The third kappa shape index (κ3) is 4.76. The van der Waals surface area contributed by atoms with Crippen molar-refractivity contribution in [3.05, 3.63) is 141 Å². The Bertz CT molecular complexity index is 2720. The molecule has 0 radical (unpaired) electrons. The summed E-state index contributed by atoms with van der Waals surface area (Å²) in [6.07, 6.45) is 0. The second kappa shape index (κ2) is 11.9. The summed E-state index contributed by atoms with van der Waals surface area (Å²) < 4.78 is 0. The quantitative estimate of drug-likeness (QED) is 0.148. The zero-order valence-electron chi connectivity index (χ0n) is 31.6. The molecule has 1 nitrogen and oxygen atoms in total. The zero-order valence-corrected chi connectivity index (χ0v) is 31.6. The molecule has 0 bridgehead atoms. The molecular weight excluding hydrogens is 615 g/mol. The Morgan fingerprint density at radius 1 is 0.412 bits per heavy atom. The molecule has 8 aromatic rings. The first-order valence-corrected chi connectivity index (χ1v) is 18.2. The smallest absolute Gasteiger partial charge is 0.144 e. The minimum atomic E-state index is 0.385. The molecule has 0 aromatic heterocycles. The van der Waals surface area contributed by atoms with Gasteiger partial charge in [0.15, 0.2) is 0 Å². The molecule has 0 unspecified atom stereocenters. The molecule has 0 saturated heterocycles. The fourth-order valence-corrected chi connectivity index (χ4v) is 8.79. The van der Waals surface area contributed by atoms with Crippen molar-refractivity contribution < 1.29 is 5.11 Å². The lowest BCUT2D eigenvalue weighted by atomic mass is 9.74. The third-order valence-electron chi connectivity index (χ3n) is 12.4. The molecule has 8 aromatic carbocycles. The van der Waals surface area contributed by atoms with E-state index in [2.05, 4.69) is 161 Å². The lowest BCUT2D eigenvalue weighted by Crippen LogP contribution is -2.12. The predicted molar refractivity (Wildman–Crippen MR) is 225 cm³/mol. The lowest BCUT2D eigenvalue weighted by molar-refractivity contribution is 0.485. The van der Waals surface area contributed by atoms with Crippen molar-refractivity contribution in [1.29, 1.82) is 0 Å². The summed E-state index contributed by atoms with van der Waals surface area (Å²) >= 11 is 0. The van der Waals surface area contributed by atoms with E-state index in [1.165, 1.54) is 105 Å². The van der Waals surface area contributed by atoms with E-state index in [4.69, 9.17) is 0 Å². The zero-order chi connectivity index (χ0) is 36.0. The molecule has 0 aliphatic heterocycles. The molecule has 0 aliphatic rings. The minimum Gasteiger partial charge on any atom is -0.508 e. The van der Waals surface area contributed by atoms with Crippen LogP contribution in [-0.2, 0) is 0 Å². The van der Waals surface area contributed by atoms with Crippen molar-refractivity contribution in [3.8, 4) is 39.1 Å². The highest BCUT2D eigenvalue weighted by molar-refractivity contribution is 6.39. The van der Waals surface area contributed by atoms with Gasteiger partial charge in [-0.05, 0) is 184 Å². The summed E-state index contributed by atoms with van der Waals surface area (Å²) in [6.45, 7) is 20.2. The van der Waals surface area contributed by atoms with Gasteiger partial charge in [0, 0.05) is 10.9 Å². The second-order valence-electron chi connectivity index (χ2n) is 15.0. The maximum atomic E-state index is 12.4. The van der Waals surface area contributed by atoms with Crippen LogP contribution in [0.5, 0.6) is 5.75 Å². The molecule has 51 heavy (non-hydrogen) atoms. The summed E-state index contributed by atoms with van der Waals surface area (Å²) in [4.78, 5) is 0. The highest BCUT2D eigenvalue weighted by Gasteiger charge is 2.28. The lowest BCUT2D eigenvalue weighted by Gasteiger charge is -2.27. The van der Waals surface area contributed by atoms with Crippen LogP contribution >= 0.6 is 0 Å². The first kappa shape index (κ1) is 32.8. The number of benzene rings is 8. The Morgan fingerprint density at radius 3 is 1.61 bits per heavy atom. The van der Waals surface area contributed by atoms with Gasteiger partial charge in [-0.3, -0.25) is 0 Å². The van der Waals surface area contributed by atoms with Gasteiger partial charge in [-0.1, -0.05) is 90.5 Å². The van der Waals surface area contributed by atoms with E-state index in [9.17, 15) is 5.11 Å². The van der Waals surface area contributed by atoms with E-state index in [1.807, 2.05) is 0 Å². The van der Waals surface area contributed by atoms with Gasteiger partial charge in [0.1, 0.15) is 13.6 Å². The molecule has 0 fully saturated rings. The van der Waals surface area contributed by atoms with Crippen LogP contribution in [0.25, 0.3) is 76.5 Å². The van der Waals surface area contributed by atoms with Crippen LogP contribution in [0.2, 0.25) is 0 Å². The molecule has 2 heteroatoms. The van der Waals surface area contributed by atoms with Crippen LogP contribution in [0.1, 0.15) is 50.1 Å². The molecule has 0 aliphatic carbocycles. The molecular formula is C49H45BO. The summed E-state index contributed by atoms with van der Waals surface area (Å²) in [7, 11) is 2.07. The van der Waals surface area contributed by atoms with Crippen molar-refractivity contribution in [2.24, 2.45) is 0 Å². The molecule has 250 valence electrons. The van der Waals surface area contributed by atoms with Crippen molar-refractivity contribution >= 4 is 56.4 Å². The van der Waals surface area contributed by atoms with Crippen LogP contribution < -0.4 is 5.46 Å². The van der Waals surface area contributed by atoms with Gasteiger partial charge in [0.2, 0.25) is 0 Å². The first-order chi connectivity index (χ1) is 24.4. The van der Waals surface area contributed by atoms with Crippen molar-refractivity contribution in [1.82, 2.24) is 0 Å². The molecule has 0 saturated carbocycles. The number of hydrogen-bond acceptors (Lipinski definition) is 1. The minimum absolute atomic E-state index is 0.385. The number of phenolic OH excluding ortho intramolecular Hbond substituents is 1. The Kier molecular flexibility index (Phi) is 7.65. The van der Waals surface area contributed by atoms with Crippen LogP contribution in [-0.4, -0.2) is 13.0 Å². The molecule has 0 spiro atoms. The molecule has 0 atom stereocenters. The normalized spacial score (nSPS) is 11.8. The van der Waals surface area contributed by atoms with Crippen molar-refractivity contribution in [2.75, 3.05) is 0 Å². The van der Waals surface area contributed by atoms with Gasteiger partial charge in [-0.25, -0.2) is 0 Å². The van der Waals surface area contributed by atoms with Gasteiger partial charge in [0.05, 0.1) is 0 Å². The van der Waals surface area contributed by atoms with Crippen molar-refractivity contribution in [3.63, 3.8) is 0 Å². The number of fused-ring (bicyclic) bond motifs is 4.